The zero-order valence-electron chi connectivity index (χ0n) is 8.19. The Labute approximate surface area is 103 Å². The van der Waals surface area contributed by atoms with Gasteiger partial charge in [0.05, 0.1) is 5.69 Å². The highest BCUT2D eigenvalue weighted by Gasteiger charge is 2.35. The van der Waals surface area contributed by atoms with E-state index < -0.39 is 37.6 Å². The normalized spacial score (nSPS) is 11.9. The van der Waals surface area contributed by atoms with Crippen LogP contribution < -0.4 is 10.5 Å². The van der Waals surface area contributed by atoms with Crippen molar-refractivity contribution in [2.75, 3.05) is 5.73 Å². The van der Waals surface area contributed by atoms with E-state index in [4.69, 9.17) is 21.7 Å². The summed E-state index contributed by atoms with van der Waals surface area (Å²) in [4.78, 5) is 3.12. The second kappa shape index (κ2) is 4.51. The number of pyridine rings is 1. The first-order valence-electron chi connectivity index (χ1n) is 3.95. The molecular formula is C7H3ClF3N3O3S. The molecule has 0 fully saturated rings. The van der Waals surface area contributed by atoms with Gasteiger partial charge in [-0.05, 0) is 0 Å². The van der Waals surface area contributed by atoms with Gasteiger partial charge in [0.1, 0.15) is 6.07 Å². The predicted molar refractivity (Wildman–Crippen MR) is 53.1 cm³/mol. The maximum absolute atomic E-state index is 12.0. The molecule has 1 heterocycles. The van der Waals surface area contributed by atoms with Gasteiger partial charge >= 0.3 is 6.36 Å². The van der Waals surface area contributed by atoms with Crippen molar-refractivity contribution < 1.29 is 26.3 Å². The topological polar surface area (TPSA) is 106 Å². The Balaban J connectivity index is 3.51. The first kappa shape index (κ1) is 14.3. The van der Waals surface area contributed by atoms with Gasteiger partial charge in [0.25, 0.3) is 9.05 Å². The third-order valence-corrected chi connectivity index (χ3v) is 2.74. The van der Waals surface area contributed by atoms with Gasteiger partial charge in [-0.2, -0.15) is 5.26 Å². The molecule has 18 heavy (non-hydrogen) atoms. The maximum atomic E-state index is 12.0. The van der Waals surface area contributed by atoms with Gasteiger partial charge in [0, 0.05) is 16.7 Å². The Bertz CT molecular complexity index is 623. The molecule has 0 aromatic carbocycles. The highest BCUT2D eigenvalue weighted by Crippen LogP contribution is 2.32. The maximum Gasteiger partial charge on any atom is 0.573 e. The number of nitrogens with zero attached hydrogens (tertiary/aromatic N) is 2. The van der Waals surface area contributed by atoms with E-state index in [1.165, 1.54) is 6.07 Å². The fourth-order valence-electron chi connectivity index (χ4n) is 0.955. The molecule has 0 radical (unpaired) electrons. The molecule has 1 rings (SSSR count). The number of hydrogen-bond acceptors (Lipinski definition) is 6. The van der Waals surface area contributed by atoms with Gasteiger partial charge in [-0.3, -0.25) is 0 Å². The van der Waals surface area contributed by atoms with Crippen molar-refractivity contribution in [2.24, 2.45) is 0 Å². The molecule has 0 amide bonds. The van der Waals surface area contributed by atoms with Crippen LogP contribution in [0, 0.1) is 11.3 Å². The van der Waals surface area contributed by atoms with Crippen LogP contribution in [-0.2, 0) is 9.05 Å². The molecule has 0 atom stereocenters. The molecule has 6 nitrogen and oxygen atoms in total. The van der Waals surface area contributed by atoms with E-state index in [1.54, 1.807) is 0 Å². The number of rotatable bonds is 2. The molecule has 11 heteroatoms. The van der Waals surface area contributed by atoms with E-state index in [0.29, 0.717) is 6.07 Å². The van der Waals surface area contributed by atoms with Crippen LogP contribution in [-0.4, -0.2) is 19.8 Å². The van der Waals surface area contributed by atoms with E-state index >= 15 is 0 Å². The molecule has 0 aliphatic rings. The van der Waals surface area contributed by atoms with E-state index in [-0.39, 0.29) is 0 Å². The Kier molecular flexibility index (Phi) is 3.59. The summed E-state index contributed by atoms with van der Waals surface area (Å²) in [7, 11) is 0.260. The van der Waals surface area contributed by atoms with Crippen LogP contribution in [0.15, 0.2) is 11.1 Å². The van der Waals surface area contributed by atoms with Crippen LogP contribution in [0.25, 0.3) is 0 Å². The number of alkyl halides is 3. The van der Waals surface area contributed by atoms with Gasteiger partial charge in [-0.25, -0.2) is 13.4 Å². The van der Waals surface area contributed by atoms with E-state index in [1.807, 2.05) is 0 Å². The smallest absolute Gasteiger partial charge is 0.403 e. The Hall–Kier alpha value is -1.73. The van der Waals surface area contributed by atoms with Crippen LogP contribution >= 0.6 is 10.7 Å². The number of nitriles is 1. The lowest BCUT2D eigenvalue weighted by atomic mass is 10.3. The fraction of sp³-hybridized carbons (Fsp3) is 0.143. The van der Waals surface area contributed by atoms with Crippen molar-refractivity contribution in [1.82, 2.24) is 4.98 Å². The van der Waals surface area contributed by atoms with Crippen molar-refractivity contribution in [1.29, 1.82) is 5.26 Å². The fourth-order valence-corrected chi connectivity index (χ4v) is 1.83. The first-order chi connectivity index (χ1) is 8.04. The quantitative estimate of drug-likeness (QED) is 0.827. The van der Waals surface area contributed by atoms with Crippen molar-refractivity contribution >= 4 is 25.4 Å². The third kappa shape index (κ3) is 3.38. The van der Waals surface area contributed by atoms with Gasteiger partial charge < -0.3 is 10.5 Å². The van der Waals surface area contributed by atoms with Crippen molar-refractivity contribution in [3.63, 3.8) is 0 Å². The summed E-state index contributed by atoms with van der Waals surface area (Å²) in [5.74, 6) is -1.20. The lowest BCUT2D eigenvalue weighted by Crippen LogP contribution is -2.19. The summed E-state index contributed by atoms with van der Waals surface area (Å²) < 4.78 is 61.6. The first-order valence-corrected chi connectivity index (χ1v) is 6.26. The van der Waals surface area contributed by atoms with Gasteiger partial charge in [-0.1, -0.05) is 0 Å². The second-order valence-electron chi connectivity index (χ2n) is 2.83. The van der Waals surface area contributed by atoms with E-state index in [2.05, 4.69) is 9.72 Å². The highest BCUT2D eigenvalue weighted by atomic mass is 35.7. The van der Waals surface area contributed by atoms with Gasteiger partial charge in [-0.15, -0.1) is 13.2 Å². The summed E-state index contributed by atoms with van der Waals surface area (Å²) in [6, 6.07) is 1.91. The molecule has 0 unspecified atom stereocenters. The third-order valence-electron chi connectivity index (χ3n) is 1.55. The lowest BCUT2D eigenvalue weighted by Gasteiger charge is -2.11. The monoisotopic (exact) mass is 301 g/mol. The van der Waals surface area contributed by atoms with Crippen molar-refractivity contribution in [3.8, 4) is 11.8 Å². The van der Waals surface area contributed by atoms with Crippen LogP contribution in [0.5, 0.6) is 5.75 Å². The van der Waals surface area contributed by atoms with Gasteiger partial charge in [0.15, 0.2) is 11.4 Å². The number of hydrogen-bond donors (Lipinski definition) is 1. The molecule has 1 aromatic rings. The summed E-state index contributed by atoms with van der Waals surface area (Å²) in [5.41, 5.74) is 4.14. The number of halogens is 4. The standard InChI is InChI=1S/C7H3ClF3N3O3S/c8-18(15,16)6-5(17-7(9,10)11)1-3(13)4(2-12)14-6/h1H,13H2. The average molecular weight is 302 g/mol. The SMILES string of the molecule is N#Cc1nc(S(=O)(=O)Cl)c(OC(F)(F)F)cc1N. The van der Waals surface area contributed by atoms with Crippen LogP contribution in [0.2, 0.25) is 0 Å². The predicted octanol–water partition coefficient (Wildman–Crippen LogP) is 1.36. The molecule has 0 saturated carbocycles. The Morgan fingerprint density at radius 1 is 1.50 bits per heavy atom. The molecule has 0 aliphatic heterocycles. The van der Waals surface area contributed by atoms with Crippen LogP contribution in [0.4, 0.5) is 18.9 Å². The van der Waals surface area contributed by atoms with Crippen molar-refractivity contribution in [3.05, 3.63) is 11.8 Å². The molecule has 1 aromatic heterocycles. The van der Waals surface area contributed by atoms with Gasteiger partial charge in [0.2, 0.25) is 5.03 Å². The molecule has 98 valence electrons. The number of aromatic nitrogens is 1. The summed E-state index contributed by atoms with van der Waals surface area (Å²) in [6.45, 7) is 0. The molecule has 0 bridgehead atoms. The summed E-state index contributed by atoms with van der Waals surface area (Å²) in [6.07, 6.45) is -5.15. The number of nitrogens with two attached hydrogens (primary N) is 1. The minimum absolute atomic E-state index is 0.471. The zero-order valence-corrected chi connectivity index (χ0v) is 9.77. The summed E-state index contributed by atoms with van der Waals surface area (Å²) >= 11 is 0. The van der Waals surface area contributed by atoms with Crippen molar-refractivity contribution in [2.45, 2.75) is 11.4 Å². The largest absolute Gasteiger partial charge is 0.573 e. The Morgan fingerprint density at radius 2 is 2.06 bits per heavy atom. The Morgan fingerprint density at radius 3 is 2.44 bits per heavy atom. The molecule has 0 saturated heterocycles. The highest BCUT2D eigenvalue weighted by molar-refractivity contribution is 8.13. The molecule has 2 N–H and O–H groups in total. The molecular weight excluding hydrogens is 299 g/mol. The zero-order chi connectivity index (χ0) is 14.1. The number of ether oxygens (including phenoxy) is 1. The van der Waals surface area contributed by atoms with E-state index in [9.17, 15) is 21.6 Å². The number of nitrogen functional groups attached to an aromatic ring is 1. The number of anilines is 1. The van der Waals surface area contributed by atoms with Crippen LogP contribution in [0.3, 0.4) is 0 Å². The van der Waals surface area contributed by atoms with E-state index in [0.717, 1.165) is 0 Å². The minimum atomic E-state index is -5.15. The lowest BCUT2D eigenvalue weighted by molar-refractivity contribution is -0.275. The minimum Gasteiger partial charge on any atom is -0.403 e. The second-order valence-corrected chi connectivity index (χ2v) is 5.31. The average Bonchev–Trinajstić information content (AvgIpc) is 2.13. The molecule has 0 aliphatic carbocycles. The van der Waals surface area contributed by atoms with Crippen LogP contribution in [0.1, 0.15) is 5.69 Å². The summed E-state index contributed by atoms with van der Waals surface area (Å²) in [5, 5.41) is 7.31. The molecule has 0 spiro atoms.